The lowest BCUT2D eigenvalue weighted by molar-refractivity contribution is -0.138. The van der Waals surface area contributed by atoms with E-state index in [2.05, 4.69) is 6.92 Å². The summed E-state index contributed by atoms with van der Waals surface area (Å²) in [5.74, 6) is -1.53. The molecular formula is C10H20O5. The zero-order chi connectivity index (χ0) is 12.1. The molecule has 0 spiro atoms. The first-order chi connectivity index (χ1) is 7.04. The molecule has 0 aliphatic heterocycles. The van der Waals surface area contributed by atoms with Gasteiger partial charge in [0.25, 0.3) is 0 Å². The highest BCUT2D eigenvalue weighted by Crippen LogP contribution is 1.97. The summed E-state index contributed by atoms with van der Waals surface area (Å²) >= 11 is 0. The summed E-state index contributed by atoms with van der Waals surface area (Å²) in [6.07, 6.45) is 3.70. The molecule has 0 aromatic carbocycles. The fraction of sp³-hybridized carbons (Fsp3) is 0.800. The molecule has 0 bridgehead atoms. The number of carbonyl (C=O) groups is 2. The van der Waals surface area contributed by atoms with Gasteiger partial charge in [0, 0.05) is 19.4 Å². The van der Waals surface area contributed by atoms with Crippen LogP contribution in [0.25, 0.3) is 0 Å². The monoisotopic (exact) mass is 220 g/mol. The molecule has 0 aromatic heterocycles. The summed E-state index contributed by atoms with van der Waals surface area (Å²) in [7, 11) is 0. The first-order valence-electron chi connectivity index (χ1n) is 5.09. The van der Waals surface area contributed by atoms with Gasteiger partial charge in [-0.15, -0.1) is 0 Å². The lowest BCUT2D eigenvalue weighted by Crippen LogP contribution is -1.95. The van der Waals surface area contributed by atoms with Crippen LogP contribution in [-0.2, 0) is 9.59 Å². The van der Waals surface area contributed by atoms with E-state index in [0.29, 0.717) is 12.8 Å². The highest BCUT2D eigenvalue weighted by molar-refractivity contribution is 5.66. The molecular weight excluding hydrogens is 200 g/mol. The van der Waals surface area contributed by atoms with E-state index < -0.39 is 11.9 Å². The third-order valence-corrected chi connectivity index (χ3v) is 1.54. The summed E-state index contributed by atoms with van der Waals surface area (Å²) in [5, 5.41) is 24.1. The number of unbranched alkanes of at least 4 members (excludes halogenated alkanes) is 2. The Morgan fingerprint density at radius 2 is 1.40 bits per heavy atom. The molecule has 0 amide bonds. The van der Waals surface area contributed by atoms with Gasteiger partial charge >= 0.3 is 11.9 Å². The van der Waals surface area contributed by atoms with Gasteiger partial charge in [-0.1, -0.05) is 19.8 Å². The van der Waals surface area contributed by atoms with Crippen molar-refractivity contribution in [3.05, 3.63) is 0 Å². The smallest absolute Gasteiger partial charge is 0.303 e. The van der Waals surface area contributed by atoms with Crippen LogP contribution in [-0.4, -0.2) is 33.9 Å². The Balaban J connectivity index is 0. The van der Waals surface area contributed by atoms with E-state index in [4.69, 9.17) is 15.3 Å². The number of hydrogen-bond donors (Lipinski definition) is 3. The number of aliphatic carboxylic acids is 2. The van der Waals surface area contributed by atoms with Crippen molar-refractivity contribution in [3.8, 4) is 0 Å². The van der Waals surface area contributed by atoms with Crippen molar-refractivity contribution in [2.45, 2.75) is 45.4 Å². The number of aliphatic hydroxyl groups excluding tert-OH is 1. The average Bonchev–Trinajstić information content (AvgIpc) is 2.15. The van der Waals surface area contributed by atoms with E-state index in [1.54, 1.807) is 0 Å². The van der Waals surface area contributed by atoms with Crippen LogP contribution in [0.3, 0.4) is 0 Å². The molecule has 0 saturated carbocycles. The quantitative estimate of drug-likeness (QED) is 0.565. The number of aliphatic hydroxyl groups is 1. The van der Waals surface area contributed by atoms with Gasteiger partial charge < -0.3 is 15.3 Å². The third kappa shape index (κ3) is 24.6. The number of carboxylic acid groups (broad SMARTS) is 2. The van der Waals surface area contributed by atoms with Crippen molar-refractivity contribution in [1.82, 2.24) is 0 Å². The molecule has 0 rings (SSSR count). The van der Waals surface area contributed by atoms with E-state index in [0.717, 1.165) is 19.3 Å². The van der Waals surface area contributed by atoms with Crippen molar-refractivity contribution in [2.24, 2.45) is 0 Å². The van der Waals surface area contributed by atoms with E-state index in [1.165, 1.54) is 0 Å². The molecule has 0 radical (unpaired) electrons. The molecule has 5 nitrogen and oxygen atoms in total. The van der Waals surface area contributed by atoms with Crippen molar-refractivity contribution in [1.29, 1.82) is 0 Å². The van der Waals surface area contributed by atoms with E-state index in [9.17, 15) is 9.59 Å². The fourth-order valence-corrected chi connectivity index (χ4v) is 0.757. The SMILES string of the molecule is CCCCCC(=O)O.O=C(O)CCCO. The molecule has 3 N–H and O–H groups in total. The second kappa shape index (κ2) is 12.9. The molecule has 5 heteroatoms. The van der Waals surface area contributed by atoms with Gasteiger partial charge in [-0.25, -0.2) is 0 Å². The molecule has 0 aliphatic carbocycles. The maximum absolute atomic E-state index is 9.87. The van der Waals surface area contributed by atoms with Gasteiger partial charge in [-0.05, 0) is 12.8 Å². The highest BCUT2D eigenvalue weighted by Gasteiger charge is 1.93. The van der Waals surface area contributed by atoms with Gasteiger partial charge in [0.15, 0.2) is 0 Å². The van der Waals surface area contributed by atoms with Crippen molar-refractivity contribution >= 4 is 11.9 Å². The minimum absolute atomic E-state index is 0.0354. The largest absolute Gasteiger partial charge is 0.481 e. The molecule has 0 aromatic rings. The Morgan fingerprint density at radius 1 is 0.933 bits per heavy atom. The summed E-state index contributed by atoms with van der Waals surface area (Å²) in [5.41, 5.74) is 0. The standard InChI is InChI=1S/C6H12O2.C4H8O3/c1-2-3-4-5-6(7)8;5-3-1-2-4(6)7/h2-5H2,1H3,(H,7,8);5H,1-3H2,(H,6,7). The molecule has 15 heavy (non-hydrogen) atoms. The van der Waals surface area contributed by atoms with Crippen LogP contribution in [0.1, 0.15) is 45.4 Å². The first kappa shape index (κ1) is 16.3. The van der Waals surface area contributed by atoms with E-state index in [1.807, 2.05) is 0 Å². The molecule has 0 fully saturated rings. The van der Waals surface area contributed by atoms with Gasteiger partial charge in [0.05, 0.1) is 0 Å². The van der Waals surface area contributed by atoms with Crippen molar-refractivity contribution in [3.63, 3.8) is 0 Å². The van der Waals surface area contributed by atoms with Gasteiger partial charge in [-0.2, -0.15) is 0 Å². The summed E-state index contributed by atoms with van der Waals surface area (Å²) < 4.78 is 0. The van der Waals surface area contributed by atoms with Crippen LogP contribution in [0.4, 0.5) is 0 Å². The first-order valence-corrected chi connectivity index (χ1v) is 5.09. The van der Waals surface area contributed by atoms with Crippen LogP contribution >= 0.6 is 0 Å². The Bertz CT molecular complexity index is 167. The van der Waals surface area contributed by atoms with Crippen molar-refractivity contribution in [2.75, 3.05) is 6.61 Å². The zero-order valence-corrected chi connectivity index (χ0v) is 9.11. The van der Waals surface area contributed by atoms with Gasteiger partial charge in [0.2, 0.25) is 0 Å². The lowest BCUT2D eigenvalue weighted by atomic mass is 10.2. The predicted molar refractivity (Wildman–Crippen MR) is 55.7 cm³/mol. The predicted octanol–water partition coefficient (Wildman–Crippen LogP) is 1.49. The molecule has 0 unspecified atom stereocenters. The second-order valence-corrected chi connectivity index (χ2v) is 3.07. The van der Waals surface area contributed by atoms with Crippen molar-refractivity contribution < 1.29 is 24.9 Å². The van der Waals surface area contributed by atoms with Crippen LogP contribution in [0.5, 0.6) is 0 Å². The lowest BCUT2D eigenvalue weighted by Gasteiger charge is -1.89. The molecule has 0 saturated heterocycles. The minimum atomic E-state index is -0.853. The Kier molecular flexibility index (Phi) is 14.0. The highest BCUT2D eigenvalue weighted by atomic mass is 16.4. The maximum Gasteiger partial charge on any atom is 0.303 e. The van der Waals surface area contributed by atoms with Crippen LogP contribution in [0, 0.1) is 0 Å². The number of hydrogen-bond acceptors (Lipinski definition) is 3. The topological polar surface area (TPSA) is 94.8 Å². The van der Waals surface area contributed by atoms with Gasteiger partial charge in [0.1, 0.15) is 0 Å². The van der Waals surface area contributed by atoms with Crippen LogP contribution < -0.4 is 0 Å². The Labute approximate surface area is 89.7 Å². The van der Waals surface area contributed by atoms with Gasteiger partial charge in [-0.3, -0.25) is 9.59 Å². The average molecular weight is 220 g/mol. The zero-order valence-electron chi connectivity index (χ0n) is 9.11. The molecule has 0 atom stereocenters. The van der Waals surface area contributed by atoms with Crippen LogP contribution in [0.2, 0.25) is 0 Å². The number of rotatable bonds is 7. The summed E-state index contributed by atoms with van der Waals surface area (Å²) in [4.78, 5) is 19.5. The number of carboxylic acids is 2. The Morgan fingerprint density at radius 3 is 1.67 bits per heavy atom. The normalized spacial score (nSPS) is 8.93. The fourth-order valence-electron chi connectivity index (χ4n) is 0.757. The summed E-state index contributed by atoms with van der Waals surface area (Å²) in [6, 6.07) is 0. The van der Waals surface area contributed by atoms with Crippen LogP contribution in [0.15, 0.2) is 0 Å². The second-order valence-electron chi connectivity index (χ2n) is 3.07. The van der Waals surface area contributed by atoms with E-state index in [-0.39, 0.29) is 13.0 Å². The molecule has 0 heterocycles. The Hall–Kier alpha value is -1.10. The van der Waals surface area contributed by atoms with E-state index >= 15 is 0 Å². The molecule has 0 aliphatic rings. The summed E-state index contributed by atoms with van der Waals surface area (Å²) in [6.45, 7) is 2.02. The minimum Gasteiger partial charge on any atom is -0.481 e. The molecule has 90 valence electrons. The third-order valence-electron chi connectivity index (χ3n) is 1.54. The maximum atomic E-state index is 9.87.